The van der Waals surface area contributed by atoms with E-state index >= 15 is 0 Å². The van der Waals surface area contributed by atoms with E-state index in [1.807, 2.05) is 25.1 Å². The first-order valence-electron chi connectivity index (χ1n) is 7.61. The minimum Gasteiger partial charge on any atom is -0.452 e. The van der Waals surface area contributed by atoms with Crippen molar-refractivity contribution in [1.82, 2.24) is 4.98 Å². The van der Waals surface area contributed by atoms with Gasteiger partial charge < -0.3 is 10.1 Å². The van der Waals surface area contributed by atoms with E-state index in [-0.39, 0.29) is 6.61 Å². The van der Waals surface area contributed by atoms with E-state index in [1.165, 1.54) is 0 Å². The Bertz CT molecular complexity index is 951. The Morgan fingerprint density at radius 3 is 2.80 bits per heavy atom. The Labute approximate surface area is 153 Å². The summed E-state index contributed by atoms with van der Waals surface area (Å²) < 4.78 is 6.08. The van der Waals surface area contributed by atoms with Gasteiger partial charge in [0.15, 0.2) is 6.61 Å². The highest BCUT2D eigenvalue weighted by Crippen LogP contribution is 2.20. The van der Waals surface area contributed by atoms with Crippen molar-refractivity contribution in [2.24, 2.45) is 0 Å². The molecule has 3 aromatic rings. The highest BCUT2D eigenvalue weighted by atomic mass is 79.9. The Morgan fingerprint density at radius 1 is 1.16 bits per heavy atom. The van der Waals surface area contributed by atoms with Crippen LogP contribution < -0.4 is 5.32 Å². The summed E-state index contributed by atoms with van der Waals surface area (Å²) in [7, 11) is 0. The van der Waals surface area contributed by atoms with Crippen molar-refractivity contribution in [2.45, 2.75) is 6.92 Å². The third-order valence-corrected chi connectivity index (χ3v) is 4.16. The van der Waals surface area contributed by atoms with Crippen LogP contribution in [-0.4, -0.2) is 23.5 Å². The second-order valence-corrected chi connectivity index (χ2v) is 6.37. The zero-order chi connectivity index (χ0) is 17.8. The van der Waals surface area contributed by atoms with Crippen LogP contribution in [0.25, 0.3) is 10.9 Å². The second kappa shape index (κ2) is 7.44. The number of anilines is 1. The van der Waals surface area contributed by atoms with Crippen LogP contribution in [0.4, 0.5) is 5.69 Å². The van der Waals surface area contributed by atoms with Gasteiger partial charge in [0, 0.05) is 21.7 Å². The Hall–Kier alpha value is -2.73. The normalized spacial score (nSPS) is 10.5. The lowest BCUT2D eigenvalue weighted by Gasteiger charge is -2.10. The van der Waals surface area contributed by atoms with Gasteiger partial charge in [0.05, 0.1) is 11.1 Å². The summed E-state index contributed by atoms with van der Waals surface area (Å²) in [5.41, 5.74) is 2.68. The van der Waals surface area contributed by atoms with Gasteiger partial charge in [0.25, 0.3) is 5.91 Å². The minimum atomic E-state index is -0.554. The van der Waals surface area contributed by atoms with E-state index in [0.29, 0.717) is 22.2 Å². The number of nitrogens with one attached hydrogen (secondary N) is 1. The maximum absolute atomic E-state index is 12.3. The Balaban J connectivity index is 1.66. The number of halogens is 1. The van der Waals surface area contributed by atoms with Crippen LogP contribution in [0.1, 0.15) is 15.9 Å². The van der Waals surface area contributed by atoms with E-state index in [9.17, 15) is 9.59 Å². The largest absolute Gasteiger partial charge is 0.452 e. The number of nitrogens with zero attached hydrogens (tertiary/aromatic N) is 1. The monoisotopic (exact) mass is 398 g/mol. The molecule has 6 heteroatoms. The number of fused-ring (bicyclic) bond motifs is 1. The van der Waals surface area contributed by atoms with Crippen LogP contribution in [0.15, 0.2) is 59.2 Å². The highest BCUT2D eigenvalue weighted by Gasteiger charge is 2.14. The van der Waals surface area contributed by atoms with E-state index in [4.69, 9.17) is 4.74 Å². The van der Waals surface area contributed by atoms with Crippen molar-refractivity contribution < 1.29 is 14.3 Å². The molecule has 1 N–H and O–H groups in total. The van der Waals surface area contributed by atoms with E-state index in [0.717, 1.165) is 10.0 Å². The predicted molar refractivity (Wildman–Crippen MR) is 99.5 cm³/mol. The lowest BCUT2D eigenvalue weighted by Crippen LogP contribution is -2.21. The van der Waals surface area contributed by atoms with Gasteiger partial charge in [-0.15, -0.1) is 0 Å². The molecule has 0 aliphatic heterocycles. The molecule has 1 aromatic heterocycles. The molecule has 0 spiro atoms. The summed E-state index contributed by atoms with van der Waals surface area (Å²) in [6, 6.07) is 14.3. The number of ether oxygens (including phenoxy) is 1. The molecule has 0 saturated heterocycles. The lowest BCUT2D eigenvalue weighted by molar-refractivity contribution is -0.119. The molecule has 5 nitrogen and oxygen atoms in total. The molecule has 0 saturated carbocycles. The van der Waals surface area contributed by atoms with E-state index < -0.39 is 11.9 Å². The maximum Gasteiger partial charge on any atom is 0.339 e. The van der Waals surface area contributed by atoms with Crippen molar-refractivity contribution in [1.29, 1.82) is 0 Å². The molecule has 1 heterocycles. The number of rotatable bonds is 4. The number of esters is 1. The quantitative estimate of drug-likeness (QED) is 0.671. The smallest absolute Gasteiger partial charge is 0.339 e. The van der Waals surface area contributed by atoms with Crippen molar-refractivity contribution >= 4 is 44.4 Å². The molecule has 0 unspecified atom stereocenters. The molecule has 1 amide bonds. The predicted octanol–water partition coefficient (Wildman–Crippen LogP) is 4.10. The average Bonchev–Trinajstić information content (AvgIpc) is 2.61. The molecule has 0 atom stereocenters. The van der Waals surface area contributed by atoms with Gasteiger partial charge in [-0.3, -0.25) is 9.78 Å². The first-order valence-corrected chi connectivity index (χ1v) is 8.41. The molecule has 126 valence electrons. The van der Waals surface area contributed by atoms with Crippen LogP contribution in [-0.2, 0) is 9.53 Å². The van der Waals surface area contributed by atoms with Crippen molar-refractivity contribution in [3.8, 4) is 0 Å². The highest BCUT2D eigenvalue weighted by molar-refractivity contribution is 9.10. The van der Waals surface area contributed by atoms with Gasteiger partial charge >= 0.3 is 5.97 Å². The summed E-state index contributed by atoms with van der Waals surface area (Å²) in [5, 5.41) is 3.43. The van der Waals surface area contributed by atoms with Crippen LogP contribution in [0.5, 0.6) is 0 Å². The van der Waals surface area contributed by atoms with E-state index in [2.05, 4.69) is 26.2 Å². The number of aryl methyl sites for hydroxylation is 1. The molecule has 3 rings (SSSR count). The SMILES string of the molecule is Cc1cc(Br)ccc1NC(=O)COC(=O)c1cccc2ncccc12. The number of carbonyl (C=O) groups is 2. The molecule has 0 bridgehead atoms. The van der Waals surface area contributed by atoms with Crippen LogP contribution in [0, 0.1) is 6.92 Å². The number of benzene rings is 2. The number of pyridine rings is 1. The maximum atomic E-state index is 12.3. The van der Waals surface area contributed by atoms with Crippen LogP contribution in [0.2, 0.25) is 0 Å². The lowest BCUT2D eigenvalue weighted by atomic mass is 10.1. The van der Waals surface area contributed by atoms with Crippen molar-refractivity contribution in [3.63, 3.8) is 0 Å². The summed E-state index contributed by atoms with van der Waals surface area (Å²) in [4.78, 5) is 28.5. The summed E-state index contributed by atoms with van der Waals surface area (Å²) in [6.07, 6.45) is 1.66. The fraction of sp³-hybridized carbons (Fsp3) is 0.105. The third kappa shape index (κ3) is 4.03. The van der Waals surface area contributed by atoms with Gasteiger partial charge in [-0.1, -0.05) is 28.1 Å². The zero-order valence-electron chi connectivity index (χ0n) is 13.5. The number of hydrogen-bond donors (Lipinski definition) is 1. The Kier molecular flexibility index (Phi) is 5.09. The zero-order valence-corrected chi connectivity index (χ0v) is 15.0. The minimum absolute atomic E-state index is 0.356. The fourth-order valence-corrected chi connectivity index (χ4v) is 2.92. The molecule has 0 aliphatic carbocycles. The number of aromatic nitrogens is 1. The summed E-state index contributed by atoms with van der Waals surface area (Å²) in [5.74, 6) is -0.946. The topological polar surface area (TPSA) is 68.3 Å². The summed E-state index contributed by atoms with van der Waals surface area (Å²) in [6.45, 7) is 1.53. The second-order valence-electron chi connectivity index (χ2n) is 5.46. The Morgan fingerprint density at radius 2 is 2.00 bits per heavy atom. The van der Waals surface area contributed by atoms with Gasteiger partial charge in [0.2, 0.25) is 0 Å². The van der Waals surface area contributed by atoms with Gasteiger partial charge in [-0.05, 0) is 48.9 Å². The molecule has 0 fully saturated rings. The molecule has 2 aromatic carbocycles. The standard InChI is InChI=1S/C19H15BrN2O3/c1-12-10-13(20)7-8-16(12)22-18(23)11-25-19(24)15-4-2-6-17-14(15)5-3-9-21-17/h2-10H,11H2,1H3,(H,22,23). The molecular formula is C19H15BrN2O3. The molecule has 0 radical (unpaired) electrons. The van der Waals surface area contributed by atoms with Crippen molar-refractivity contribution in [2.75, 3.05) is 11.9 Å². The number of carbonyl (C=O) groups excluding carboxylic acids is 2. The third-order valence-electron chi connectivity index (χ3n) is 3.66. The first kappa shape index (κ1) is 17.1. The van der Waals surface area contributed by atoms with Gasteiger partial charge in [-0.25, -0.2) is 4.79 Å². The van der Waals surface area contributed by atoms with Crippen molar-refractivity contribution in [3.05, 3.63) is 70.3 Å². The van der Waals surface area contributed by atoms with E-state index in [1.54, 1.807) is 36.5 Å². The van der Waals surface area contributed by atoms with Crippen LogP contribution >= 0.6 is 15.9 Å². The number of amides is 1. The number of hydrogen-bond acceptors (Lipinski definition) is 4. The van der Waals surface area contributed by atoms with Crippen LogP contribution in [0.3, 0.4) is 0 Å². The van der Waals surface area contributed by atoms with Gasteiger partial charge in [0.1, 0.15) is 0 Å². The van der Waals surface area contributed by atoms with Gasteiger partial charge in [-0.2, -0.15) is 0 Å². The molecule has 25 heavy (non-hydrogen) atoms. The summed E-state index contributed by atoms with van der Waals surface area (Å²) >= 11 is 3.37. The first-order chi connectivity index (χ1) is 12.0. The average molecular weight is 399 g/mol. The molecule has 0 aliphatic rings. The molecular weight excluding hydrogens is 384 g/mol. The fourth-order valence-electron chi connectivity index (χ4n) is 2.44.